The van der Waals surface area contributed by atoms with Gasteiger partial charge in [-0.05, 0) is 38.3 Å². The molecule has 1 aliphatic rings. The third-order valence-corrected chi connectivity index (χ3v) is 3.96. The second-order valence-corrected chi connectivity index (χ2v) is 5.09. The Balaban J connectivity index is 2.22. The molecule has 2 N–H and O–H groups in total. The van der Waals surface area contributed by atoms with Crippen LogP contribution < -0.4 is 5.73 Å². The predicted octanol–water partition coefficient (Wildman–Crippen LogP) is 2.25. The first-order valence-corrected chi connectivity index (χ1v) is 7.35. The summed E-state index contributed by atoms with van der Waals surface area (Å²) in [5, 5.41) is 0. The van der Waals surface area contributed by atoms with Gasteiger partial charge >= 0.3 is 0 Å². The minimum absolute atomic E-state index is 0.708. The summed E-state index contributed by atoms with van der Waals surface area (Å²) < 4.78 is 5.66. The van der Waals surface area contributed by atoms with Crippen molar-refractivity contribution in [2.45, 2.75) is 52.0 Å². The lowest BCUT2D eigenvalue weighted by atomic mass is 10.0. The van der Waals surface area contributed by atoms with Crippen LogP contribution in [0, 0.1) is 5.92 Å². The number of ether oxygens (including phenoxy) is 1. The molecule has 1 saturated carbocycles. The summed E-state index contributed by atoms with van der Waals surface area (Å²) >= 11 is 0. The van der Waals surface area contributed by atoms with Crippen molar-refractivity contribution in [3.8, 4) is 0 Å². The molecule has 1 aliphatic carbocycles. The second kappa shape index (κ2) is 8.90. The maximum absolute atomic E-state index is 5.85. The molecule has 102 valence electrons. The van der Waals surface area contributed by atoms with Crippen LogP contribution in [0.25, 0.3) is 0 Å². The van der Waals surface area contributed by atoms with E-state index in [-0.39, 0.29) is 0 Å². The Labute approximate surface area is 107 Å². The van der Waals surface area contributed by atoms with Crippen molar-refractivity contribution in [2.75, 3.05) is 32.8 Å². The van der Waals surface area contributed by atoms with E-state index < -0.39 is 0 Å². The van der Waals surface area contributed by atoms with Gasteiger partial charge in [0, 0.05) is 19.2 Å². The Morgan fingerprint density at radius 2 is 2.06 bits per heavy atom. The molecule has 0 bridgehead atoms. The fourth-order valence-electron chi connectivity index (χ4n) is 2.86. The molecular weight excluding hydrogens is 212 g/mol. The van der Waals surface area contributed by atoms with Gasteiger partial charge in [0.1, 0.15) is 0 Å². The molecule has 0 aromatic carbocycles. The van der Waals surface area contributed by atoms with Crippen LogP contribution in [0.2, 0.25) is 0 Å². The van der Waals surface area contributed by atoms with Gasteiger partial charge in [0.15, 0.2) is 0 Å². The van der Waals surface area contributed by atoms with E-state index in [0.29, 0.717) is 12.0 Å². The van der Waals surface area contributed by atoms with Crippen molar-refractivity contribution in [3.63, 3.8) is 0 Å². The van der Waals surface area contributed by atoms with Crippen molar-refractivity contribution in [1.82, 2.24) is 4.90 Å². The number of hydrogen-bond acceptors (Lipinski definition) is 3. The van der Waals surface area contributed by atoms with Crippen LogP contribution in [0.5, 0.6) is 0 Å². The van der Waals surface area contributed by atoms with Gasteiger partial charge < -0.3 is 10.5 Å². The predicted molar refractivity (Wildman–Crippen MR) is 73.2 cm³/mol. The van der Waals surface area contributed by atoms with E-state index in [9.17, 15) is 0 Å². The van der Waals surface area contributed by atoms with E-state index in [4.69, 9.17) is 10.5 Å². The lowest BCUT2D eigenvalue weighted by molar-refractivity contribution is 0.0789. The Hall–Kier alpha value is -0.120. The number of likely N-dealkylation sites (N-methyl/N-ethyl adjacent to an activating group) is 1. The molecule has 0 saturated heterocycles. The maximum Gasteiger partial charge on any atom is 0.0593 e. The molecule has 3 nitrogen and oxygen atoms in total. The monoisotopic (exact) mass is 242 g/mol. The Morgan fingerprint density at radius 3 is 2.71 bits per heavy atom. The first-order valence-electron chi connectivity index (χ1n) is 7.35. The van der Waals surface area contributed by atoms with Gasteiger partial charge in [-0.25, -0.2) is 0 Å². The standard InChI is InChI=1S/C14H30N2O/c1-3-5-10-17-11-9-16(4-2)14-8-6-7-13(14)12-15/h13-14H,3-12,15H2,1-2H3. The summed E-state index contributed by atoms with van der Waals surface area (Å²) in [6.45, 7) is 9.28. The average molecular weight is 242 g/mol. The van der Waals surface area contributed by atoms with Crippen molar-refractivity contribution in [1.29, 1.82) is 0 Å². The van der Waals surface area contributed by atoms with E-state index >= 15 is 0 Å². The molecule has 0 aliphatic heterocycles. The molecule has 0 spiro atoms. The molecule has 1 rings (SSSR count). The zero-order chi connectivity index (χ0) is 12.5. The molecule has 0 amide bonds. The second-order valence-electron chi connectivity index (χ2n) is 5.09. The van der Waals surface area contributed by atoms with Crippen LogP contribution in [-0.2, 0) is 4.74 Å². The highest BCUT2D eigenvalue weighted by atomic mass is 16.5. The lowest BCUT2D eigenvalue weighted by Gasteiger charge is -2.31. The van der Waals surface area contributed by atoms with Crippen molar-refractivity contribution < 1.29 is 4.74 Å². The van der Waals surface area contributed by atoms with E-state index in [1.807, 2.05) is 0 Å². The summed E-state index contributed by atoms with van der Waals surface area (Å²) in [6.07, 6.45) is 6.38. The molecule has 17 heavy (non-hydrogen) atoms. The van der Waals surface area contributed by atoms with Crippen molar-refractivity contribution in [2.24, 2.45) is 11.7 Å². The summed E-state index contributed by atoms with van der Waals surface area (Å²) in [7, 11) is 0. The molecule has 0 aromatic rings. The van der Waals surface area contributed by atoms with Crippen LogP contribution in [0.4, 0.5) is 0 Å². The van der Waals surface area contributed by atoms with E-state index in [1.54, 1.807) is 0 Å². The molecule has 2 unspecified atom stereocenters. The molecule has 1 fully saturated rings. The largest absolute Gasteiger partial charge is 0.380 e. The molecule has 0 heterocycles. The third kappa shape index (κ3) is 4.94. The number of nitrogens with two attached hydrogens (primary N) is 1. The minimum Gasteiger partial charge on any atom is -0.380 e. The third-order valence-electron chi connectivity index (χ3n) is 3.96. The topological polar surface area (TPSA) is 38.5 Å². The van der Waals surface area contributed by atoms with Crippen LogP contribution in [0.15, 0.2) is 0 Å². The molecule has 0 radical (unpaired) electrons. The number of rotatable bonds is 9. The lowest BCUT2D eigenvalue weighted by Crippen LogP contribution is -2.42. The highest BCUT2D eigenvalue weighted by Crippen LogP contribution is 2.28. The van der Waals surface area contributed by atoms with Gasteiger partial charge in [0.25, 0.3) is 0 Å². The Kier molecular flexibility index (Phi) is 7.82. The van der Waals surface area contributed by atoms with Gasteiger partial charge in [-0.1, -0.05) is 26.7 Å². The number of unbranched alkanes of at least 4 members (excludes halogenated alkanes) is 1. The van der Waals surface area contributed by atoms with Gasteiger partial charge in [0.05, 0.1) is 6.61 Å². The zero-order valence-electron chi connectivity index (χ0n) is 11.7. The highest BCUT2D eigenvalue weighted by molar-refractivity contribution is 4.85. The van der Waals surface area contributed by atoms with E-state index in [0.717, 1.165) is 32.8 Å². The van der Waals surface area contributed by atoms with Crippen LogP contribution in [0.3, 0.4) is 0 Å². The fraction of sp³-hybridized carbons (Fsp3) is 1.00. The molecule has 2 atom stereocenters. The van der Waals surface area contributed by atoms with Crippen LogP contribution in [-0.4, -0.2) is 43.8 Å². The SMILES string of the molecule is CCCCOCCN(CC)C1CCCC1CN. The van der Waals surface area contributed by atoms with Crippen molar-refractivity contribution in [3.05, 3.63) is 0 Å². The quantitative estimate of drug-likeness (QED) is 0.630. The molecule has 0 aromatic heterocycles. The van der Waals surface area contributed by atoms with Gasteiger partial charge in [-0.2, -0.15) is 0 Å². The first-order chi connectivity index (χ1) is 8.33. The van der Waals surface area contributed by atoms with Gasteiger partial charge in [-0.3, -0.25) is 4.90 Å². The summed E-state index contributed by atoms with van der Waals surface area (Å²) in [5.41, 5.74) is 5.85. The molecule has 3 heteroatoms. The van der Waals surface area contributed by atoms with E-state index in [1.165, 1.54) is 32.1 Å². The summed E-state index contributed by atoms with van der Waals surface area (Å²) in [6, 6.07) is 0.708. The minimum atomic E-state index is 0.708. The maximum atomic E-state index is 5.85. The normalized spacial score (nSPS) is 24.7. The summed E-state index contributed by atoms with van der Waals surface area (Å²) in [5.74, 6) is 0.714. The summed E-state index contributed by atoms with van der Waals surface area (Å²) in [4.78, 5) is 2.57. The van der Waals surface area contributed by atoms with Gasteiger partial charge in [-0.15, -0.1) is 0 Å². The average Bonchev–Trinajstić information content (AvgIpc) is 2.82. The molecular formula is C14H30N2O. The number of hydrogen-bond donors (Lipinski definition) is 1. The van der Waals surface area contributed by atoms with Crippen LogP contribution in [0.1, 0.15) is 46.0 Å². The first kappa shape index (κ1) is 14.9. The van der Waals surface area contributed by atoms with Gasteiger partial charge in [0.2, 0.25) is 0 Å². The van der Waals surface area contributed by atoms with Crippen molar-refractivity contribution >= 4 is 0 Å². The number of nitrogens with zero attached hydrogens (tertiary/aromatic N) is 1. The van der Waals surface area contributed by atoms with E-state index in [2.05, 4.69) is 18.7 Å². The zero-order valence-corrected chi connectivity index (χ0v) is 11.7. The Morgan fingerprint density at radius 1 is 1.24 bits per heavy atom. The fourth-order valence-corrected chi connectivity index (χ4v) is 2.86. The smallest absolute Gasteiger partial charge is 0.0593 e. The highest BCUT2D eigenvalue weighted by Gasteiger charge is 2.29. The Bertz CT molecular complexity index is 187. The van der Waals surface area contributed by atoms with Crippen LogP contribution >= 0.6 is 0 Å².